The van der Waals surface area contributed by atoms with Gasteiger partial charge in [0.1, 0.15) is 10.9 Å². The Morgan fingerprint density at radius 1 is 1.07 bits per heavy atom. The molecule has 0 saturated carbocycles. The minimum atomic E-state index is -3.69. The van der Waals surface area contributed by atoms with Crippen LogP contribution < -0.4 is 5.32 Å². The third-order valence-electron chi connectivity index (χ3n) is 5.00. The highest BCUT2D eigenvalue weighted by Gasteiger charge is 2.37. The van der Waals surface area contributed by atoms with Gasteiger partial charge in [-0.1, -0.05) is 42.5 Å². The average Bonchev–Trinajstić information content (AvgIpc) is 2.98. The largest absolute Gasteiger partial charge is 0.350 e. The van der Waals surface area contributed by atoms with Crippen LogP contribution in [0.1, 0.15) is 30.4 Å². The lowest BCUT2D eigenvalue weighted by atomic mass is 9.99. The molecule has 1 saturated heterocycles. The zero-order valence-electron chi connectivity index (χ0n) is 14.8. The van der Waals surface area contributed by atoms with Gasteiger partial charge in [-0.2, -0.15) is 8.42 Å². The summed E-state index contributed by atoms with van der Waals surface area (Å²) in [6, 6.07) is 16.1. The van der Waals surface area contributed by atoms with Crippen LogP contribution in [0.25, 0.3) is 0 Å². The Morgan fingerprint density at radius 3 is 2.63 bits per heavy atom. The van der Waals surface area contributed by atoms with E-state index in [4.69, 9.17) is 0 Å². The van der Waals surface area contributed by atoms with Crippen LogP contribution in [0.15, 0.2) is 63.9 Å². The number of piperidine rings is 1. The van der Waals surface area contributed by atoms with Crippen molar-refractivity contribution < 1.29 is 13.2 Å². The lowest BCUT2D eigenvalue weighted by molar-refractivity contribution is -0.126. The zero-order valence-corrected chi connectivity index (χ0v) is 15.7. The fourth-order valence-electron chi connectivity index (χ4n) is 3.66. The van der Waals surface area contributed by atoms with E-state index in [1.165, 1.54) is 0 Å². The maximum Gasteiger partial charge on any atom is 0.285 e. The Labute approximate surface area is 159 Å². The second-order valence-electron chi connectivity index (χ2n) is 6.79. The van der Waals surface area contributed by atoms with Crippen LogP contribution in [0.2, 0.25) is 0 Å². The van der Waals surface area contributed by atoms with Crippen LogP contribution in [0, 0.1) is 0 Å². The number of amidine groups is 1. The first-order valence-electron chi connectivity index (χ1n) is 9.09. The van der Waals surface area contributed by atoms with E-state index >= 15 is 0 Å². The molecule has 0 bridgehead atoms. The van der Waals surface area contributed by atoms with Crippen LogP contribution in [-0.2, 0) is 21.4 Å². The maximum absolute atomic E-state index is 12.9. The average molecular weight is 383 g/mol. The molecule has 1 fully saturated rings. The Bertz CT molecular complexity index is 987. The molecule has 1 atom stereocenters. The minimum absolute atomic E-state index is 0.0944. The maximum atomic E-state index is 12.9. The smallest absolute Gasteiger partial charge is 0.285 e. The molecule has 4 rings (SSSR count). The second kappa shape index (κ2) is 7.15. The van der Waals surface area contributed by atoms with Gasteiger partial charge in [0, 0.05) is 18.7 Å². The highest BCUT2D eigenvalue weighted by molar-refractivity contribution is 7.90. The van der Waals surface area contributed by atoms with Crippen molar-refractivity contribution in [3.8, 4) is 0 Å². The molecule has 0 spiro atoms. The van der Waals surface area contributed by atoms with Crippen LogP contribution in [0.4, 0.5) is 0 Å². The molecule has 6 nitrogen and oxygen atoms in total. The molecule has 1 amide bonds. The van der Waals surface area contributed by atoms with Gasteiger partial charge in [-0.3, -0.25) is 4.79 Å². The number of hydrogen-bond donors (Lipinski definition) is 1. The Hall–Kier alpha value is -2.67. The molecule has 2 aromatic rings. The summed E-state index contributed by atoms with van der Waals surface area (Å²) in [5.74, 6) is 0.299. The fourth-order valence-corrected chi connectivity index (χ4v) is 4.87. The molecule has 0 unspecified atom stereocenters. The van der Waals surface area contributed by atoms with E-state index in [1.807, 2.05) is 35.2 Å². The monoisotopic (exact) mass is 383 g/mol. The van der Waals surface area contributed by atoms with Crippen LogP contribution >= 0.6 is 0 Å². The van der Waals surface area contributed by atoms with Crippen molar-refractivity contribution in [2.75, 3.05) is 6.54 Å². The number of likely N-dealkylation sites (tertiary alicyclic amines) is 1. The number of fused-ring (bicyclic) bond motifs is 1. The van der Waals surface area contributed by atoms with Crippen molar-refractivity contribution in [2.45, 2.75) is 36.7 Å². The number of nitrogens with one attached hydrogen (secondary N) is 1. The van der Waals surface area contributed by atoms with E-state index in [2.05, 4.69) is 9.71 Å². The number of carbonyl (C=O) groups is 1. The summed E-state index contributed by atoms with van der Waals surface area (Å²) < 4.78 is 28.8. The summed E-state index contributed by atoms with van der Waals surface area (Å²) in [4.78, 5) is 14.9. The molecule has 2 aromatic carbocycles. The number of sulfonamides is 1. The molecule has 0 radical (unpaired) electrons. The Kier molecular flexibility index (Phi) is 4.70. The standard InChI is InChI=1S/C20H21N3O3S/c24-20(21-14-15-8-2-1-3-9-15)17-11-6-7-13-23(17)19-16-10-4-5-12-18(16)27(25,26)22-19/h1-5,8-10,12,17H,6-7,11,13-14H2,(H,21,24)/t17-/m0/s1. The van der Waals surface area contributed by atoms with Crippen molar-refractivity contribution in [2.24, 2.45) is 4.40 Å². The zero-order chi connectivity index (χ0) is 18.9. The van der Waals surface area contributed by atoms with E-state index in [0.29, 0.717) is 30.9 Å². The number of rotatable bonds is 3. The van der Waals surface area contributed by atoms with Gasteiger partial charge < -0.3 is 10.2 Å². The van der Waals surface area contributed by atoms with Crippen molar-refractivity contribution in [1.82, 2.24) is 10.2 Å². The Balaban J connectivity index is 1.57. The molecule has 2 aliphatic heterocycles. The first kappa shape index (κ1) is 17.7. The van der Waals surface area contributed by atoms with Gasteiger partial charge in [0.05, 0.1) is 0 Å². The van der Waals surface area contributed by atoms with Gasteiger partial charge in [0.15, 0.2) is 5.84 Å². The lowest BCUT2D eigenvalue weighted by Gasteiger charge is -2.36. The normalized spacial score (nSPS) is 20.7. The lowest BCUT2D eigenvalue weighted by Crippen LogP contribution is -2.51. The third-order valence-corrected chi connectivity index (χ3v) is 6.32. The SMILES string of the molecule is O=C(NCc1ccccc1)[C@@H]1CCCCN1C1=NS(=O)(=O)c2ccccc21. The molecular weight excluding hydrogens is 362 g/mol. The van der Waals surface area contributed by atoms with Gasteiger partial charge in [0.25, 0.3) is 10.0 Å². The van der Waals surface area contributed by atoms with Crippen molar-refractivity contribution in [3.05, 3.63) is 65.7 Å². The summed E-state index contributed by atoms with van der Waals surface area (Å²) in [7, 11) is -3.69. The van der Waals surface area contributed by atoms with Crippen molar-refractivity contribution in [1.29, 1.82) is 0 Å². The number of carbonyl (C=O) groups excluding carboxylic acids is 1. The number of amides is 1. The topological polar surface area (TPSA) is 78.8 Å². The number of benzene rings is 2. The molecule has 2 aliphatic rings. The molecular formula is C20H21N3O3S. The van der Waals surface area contributed by atoms with E-state index in [1.54, 1.807) is 24.3 Å². The first-order valence-corrected chi connectivity index (χ1v) is 10.5. The predicted octanol–water partition coefficient (Wildman–Crippen LogP) is 2.31. The van der Waals surface area contributed by atoms with Gasteiger partial charge in [-0.05, 0) is 37.0 Å². The quantitative estimate of drug-likeness (QED) is 0.882. The third kappa shape index (κ3) is 3.47. The molecule has 0 aliphatic carbocycles. The van der Waals surface area contributed by atoms with Crippen LogP contribution in [0.3, 0.4) is 0 Å². The fraction of sp³-hybridized carbons (Fsp3) is 0.300. The second-order valence-corrected chi connectivity index (χ2v) is 8.37. The summed E-state index contributed by atoms with van der Waals surface area (Å²) >= 11 is 0. The summed E-state index contributed by atoms with van der Waals surface area (Å²) in [5.41, 5.74) is 1.61. The molecule has 2 heterocycles. The highest BCUT2D eigenvalue weighted by Crippen LogP contribution is 2.30. The van der Waals surface area contributed by atoms with Crippen molar-refractivity contribution >= 4 is 21.8 Å². The van der Waals surface area contributed by atoms with Gasteiger partial charge in [-0.25, -0.2) is 0 Å². The van der Waals surface area contributed by atoms with E-state index in [0.717, 1.165) is 18.4 Å². The van der Waals surface area contributed by atoms with E-state index in [9.17, 15) is 13.2 Å². The number of nitrogens with zero attached hydrogens (tertiary/aromatic N) is 2. The Morgan fingerprint density at radius 2 is 1.81 bits per heavy atom. The van der Waals surface area contributed by atoms with Gasteiger partial charge >= 0.3 is 0 Å². The number of hydrogen-bond acceptors (Lipinski definition) is 4. The van der Waals surface area contributed by atoms with Crippen molar-refractivity contribution in [3.63, 3.8) is 0 Å². The molecule has 7 heteroatoms. The van der Waals surface area contributed by atoms with Crippen LogP contribution in [-0.4, -0.2) is 37.6 Å². The summed E-state index contributed by atoms with van der Waals surface area (Å²) in [6.45, 7) is 1.07. The van der Waals surface area contributed by atoms with E-state index in [-0.39, 0.29) is 10.8 Å². The van der Waals surface area contributed by atoms with Crippen LogP contribution in [0.5, 0.6) is 0 Å². The summed E-state index contributed by atoms with van der Waals surface area (Å²) in [6.07, 6.45) is 2.52. The van der Waals surface area contributed by atoms with E-state index < -0.39 is 16.1 Å². The predicted molar refractivity (Wildman–Crippen MR) is 103 cm³/mol. The molecule has 140 valence electrons. The van der Waals surface area contributed by atoms with Gasteiger partial charge in [0.2, 0.25) is 5.91 Å². The molecule has 27 heavy (non-hydrogen) atoms. The highest BCUT2D eigenvalue weighted by atomic mass is 32.2. The minimum Gasteiger partial charge on any atom is -0.350 e. The summed E-state index contributed by atoms with van der Waals surface area (Å²) in [5, 5.41) is 2.98. The first-order chi connectivity index (χ1) is 13.1. The molecule has 0 aromatic heterocycles. The molecule has 1 N–H and O–H groups in total. The van der Waals surface area contributed by atoms with Gasteiger partial charge in [-0.15, -0.1) is 4.40 Å².